The highest BCUT2D eigenvalue weighted by Crippen LogP contribution is 2.28. The summed E-state index contributed by atoms with van der Waals surface area (Å²) in [6, 6.07) is 12.3. The topological polar surface area (TPSA) is 60.5 Å². The highest BCUT2D eigenvalue weighted by Gasteiger charge is 2.23. The van der Waals surface area contributed by atoms with Crippen molar-refractivity contribution in [2.24, 2.45) is 7.05 Å². The van der Waals surface area contributed by atoms with Crippen LogP contribution in [0.25, 0.3) is 16.6 Å². The minimum Gasteiger partial charge on any atom is -0.490 e. The van der Waals surface area contributed by atoms with E-state index >= 15 is 0 Å². The van der Waals surface area contributed by atoms with Crippen LogP contribution < -0.4 is 4.74 Å². The zero-order valence-electron chi connectivity index (χ0n) is 16.2. The summed E-state index contributed by atoms with van der Waals surface area (Å²) in [5.74, 6) is 1.88. The number of rotatable bonds is 4. The molecule has 1 fully saturated rings. The van der Waals surface area contributed by atoms with E-state index in [-0.39, 0.29) is 6.10 Å². The number of piperidine rings is 1. The van der Waals surface area contributed by atoms with Crippen molar-refractivity contribution in [3.63, 3.8) is 0 Å². The van der Waals surface area contributed by atoms with Crippen LogP contribution in [0.1, 0.15) is 24.4 Å². The van der Waals surface area contributed by atoms with E-state index in [1.165, 1.54) is 10.9 Å². The Bertz CT molecular complexity index is 1120. The van der Waals surface area contributed by atoms with Gasteiger partial charge in [0.1, 0.15) is 11.9 Å². The van der Waals surface area contributed by atoms with Crippen molar-refractivity contribution in [1.82, 2.24) is 29.3 Å². The largest absolute Gasteiger partial charge is 0.490 e. The monoisotopic (exact) mass is 376 g/mol. The molecule has 0 saturated carbocycles. The summed E-state index contributed by atoms with van der Waals surface area (Å²) >= 11 is 0. The van der Waals surface area contributed by atoms with Gasteiger partial charge in [-0.3, -0.25) is 4.90 Å². The lowest BCUT2D eigenvalue weighted by Crippen LogP contribution is -2.38. The predicted octanol–water partition coefficient (Wildman–Crippen LogP) is 2.97. The minimum absolute atomic E-state index is 0.248. The molecule has 1 aliphatic heterocycles. The molecule has 0 radical (unpaired) electrons. The van der Waals surface area contributed by atoms with Crippen LogP contribution in [0.5, 0.6) is 5.75 Å². The maximum Gasteiger partial charge on any atom is 0.177 e. The molecule has 0 unspecified atom stereocenters. The molecule has 4 heterocycles. The highest BCUT2D eigenvalue weighted by atomic mass is 16.5. The van der Waals surface area contributed by atoms with E-state index in [1.54, 1.807) is 0 Å². The molecule has 0 bridgehead atoms. The second kappa shape index (κ2) is 6.91. The zero-order chi connectivity index (χ0) is 19.1. The molecule has 1 saturated heterocycles. The van der Waals surface area contributed by atoms with Crippen LogP contribution in [0.15, 0.2) is 42.6 Å². The fourth-order valence-corrected chi connectivity index (χ4v) is 3.97. The van der Waals surface area contributed by atoms with E-state index in [0.717, 1.165) is 55.4 Å². The molecule has 7 heteroatoms. The van der Waals surface area contributed by atoms with Crippen molar-refractivity contribution in [1.29, 1.82) is 0 Å². The lowest BCUT2D eigenvalue weighted by molar-refractivity contribution is 0.0961. The van der Waals surface area contributed by atoms with Gasteiger partial charge in [-0.25, -0.2) is 0 Å². The number of aromatic nitrogens is 5. The Labute approximate surface area is 163 Å². The molecular formula is C21H24N6O. The molecule has 7 nitrogen and oxygen atoms in total. The van der Waals surface area contributed by atoms with Crippen molar-refractivity contribution in [2.45, 2.75) is 32.4 Å². The van der Waals surface area contributed by atoms with Crippen LogP contribution in [0, 0.1) is 6.92 Å². The van der Waals surface area contributed by atoms with Crippen LogP contribution in [0.3, 0.4) is 0 Å². The predicted molar refractivity (Wildman–Crippen MR) is 107 cm³/mol. The molecule has 0 N–H and O–H groups in total. The van der Waals surface area contributed by atoms with Gasteiger partial charge in [0, 0.05) is 31.7 Å². The number of aryl methyl sites for hydroxylation is 2. The summed E-state index contributed by atoms with van der Waals surface area (Å²) in [5, 5.41) is 14.3. The van der Waals surface area contributed by atoms with Crippen molar-refractivity contribution in [3.05, 3.63) is 54.1 Å². The van der Waals surface area contributed by atoms with E-state index < -0.39 is 0 Å². The van der Waals surface area contributed by atoms with E-state index in [2.05, 4.69) is 62.3 Å². The van der Waals surface area contributed by atoms with Gasteiger partial charge in [-0.05, 0) is 50.1 Å². The number of ether oxygens (including phenoxy) is 1. The number of nitrogens with zero attached hydrogens (tertiary/aromatic N) is 6. The first-order valence-electron chi connectivity index (χ1n) is 9.78. The highest BCUT2D eigenvalue weighted by molar-refractivity contribution is 5.86. The van der Waals surface area contributed by atoms with Crippen LogP contribution in [0.4, 0.5) is 0 Å². The summed E-state index contributed by atoms with van der Waals surface area (Å²) < 4.78 is 10.3. The van der Waals surface area contributed by atoms with Gasteiger partial charge in [0.2, 0.25) is 0 Å². The third-order valence-corrected chi connectivity index (χ3v) is 5.54. The fourth-order valence-electron chi connectivity index (χ4n) is 3.97. The van der Waals surface area contributed by atoms with Gasteiger partial charge < -0.3 is 9.30 Å². The number of likely N-dealkylation sites (tertiary alicyclic amines) is 1. The molecule has 0 spiro atoms. The molecule has 28 heavy (non-hydrogen) atoms. The van der Waals surface area contributed by atoms with Crippen LogP contribution >= 0.6 is 0 Å². The summed E-state index contributed by atoms with van der Waals surface area (Å²) in [7, 11) is 2.06. The van der Waals surface area contributed by atoms with Gasteiger partial charge in [-0.2, -0.15) is 9.61 Å². The maximum absolute atomic E-state index is 6.37. The van der Waals surface area contributed by atoms with E-state index in [0.29, 0.717) is 0 Å². The van der Waals surface area contributed by atoms with Crippen LogP contribution in [0.2, 0.25) is 0 Å². The smallest absolute Gasteiger partial charge is 0.177 e. The fraction of sp³-hybridized carbons (Fsp3) is 0.381. The second-order valence-electron chi connectivity index (χ2n) is 7.57. The van der Waals surface area contributed by atoms with Crippen LogP contribution in [-0.4, -0.2) is 48.5 Å². The molecule has 4 aromatic rings. The molecule has 0 amide bonds. The lowest BCUT2D eigenvalue weighted by atomic mass is 10.1. The van der Waals surface area contributed by atoms with Gasteiger partial charge >= 0.3 is 0 Å². The minimum atomic E-state index is 0.248. The first-order valence-corrected chi connectivity index (χ1v) is 9.78. The second-order valence-corrected chi connectivity index (χ2v) is 7.57. The van der Waals surface area contributed by atoms with Gasteiger partial charge in [-0.1, -0.05) is 6.07 Å². The molecule has 3 aromatic heterocycles. The standard InChI is InChI=1S/C21H24N6O/c1-15-6-7-20-22-23-21(27(20)24-15)14-26-12-8-16(9-13-26)28-19-5-3-4-18-17(19)10-11-25(18)2/h3-7,10-11,16H,8-9,12-14H2,1-2H3. The Balaban J connectivity index is 1.24. The summed E-state index contributed by atoms with van der Waals surface area (Å²) in [6.07, 6.45) is 4.34. The lowest BCUT2D eigenvalue weighted by Gasteiger charge is -2.31. The van der Waals surface area contributed by atoms with E-state index in [4.69, 9.17) is 4.74 Å². The Morgan fingerprint density at radius 3 is 2.79 bits per heavy atom. The van der Waals surface area contributed by atoms with Gasteiger partial charge in [0.05, 0.1) is 17.8 Å². The Morgan fingerprint density at radius 1 is 1.07 bits per heavy atom. The van der Waals surface area contributed by atoms with Crippen molar-refractivity contribution in [2.75, 3.05) is 13.1 Å². The summed E-state index contributed by atoms with van der Waals surface area (Å²) in [5.41, 5.74) is 2.97. The molecule has 144 valence electrons. The van der Waals surface area contributed by atoms with Gasteiger partial charge in [0.15, 0.2) is 11.5 Å². The Morgan fingerprint density at radius 2 is 1.93 bits per heavy atom. The average molecular weight is 376 g/mol. The normalized spacial score (nSPS) is 16.2. The van der Waals surface area contributed by atoms with Gasteiger partial charge in [0.25, 0.3) is 0 Å². The molecule has 0 aliphatic carbocycles. The Kier molecular flexibility index (Phi) is 4.24. The van der Waals surface area contributed by atoms with Gasteiger partial charge in [-0.15, -0.1) is 10.2 Å². The van der Waals surface area contributed by atoms with Crippen LogP contribution in [-0.2, 0) is 13.6 Å². The molecule has 0 atom stereocenters. The summed E-state index contributed by atoms with van der Waals surface area (Å²) in [4.78, 5) is 2.41. The van der Waals surface area contributed by atoms with Crippen molar-refractivity contribution >= 4 is 16.6 Å². The quantitative estimate of drug-likeness (QED) is 0.548. The number of fused-ring (bicyclic) bond motifs is 2. The van der Waals surface area contributed by atoms with Crippen molar-refractivity contribution in [3.8, 4) is 5.75 Å². The SMILES string of the molecule is Cc1ccc2nnc(CN3CCC(Oc4cccc5c4ccn5C)CC3)n2n1. The first kappa shape index (κ1) is 17.2. The number of hydrogen-bond acceptors (Lipinski definition) is 5. The van der Waals surface area contributed by atoms with E-state index in [1.807, 2.05) is 23.6 Å². The number of hydrogen-bond donors (Lipinski definition) is 0. The molecule has 1 aliphatic rings. The molecule has 5 rings (SSSR count). The first-order chi connectivity index (χ1) is 13.7. The zero-order valence-corrected chi connectivity index (χ0v) is 16.2. The molecular weight excluding hydrogens is 352 g/mol. The third kappa shape index (κ3) is 3.11. The summed E-state index contributed by atoms with van der Waals surface area (Å²) in [6.45, 7) is 4.71. The Hall–Kier alpha value is -2.93. The van der Waals surface area contributed by atoms with E-state index in [9.17, 15) is 0 Å². The third-order valence-electron chi connectivity index (χ3n) is 5.54. The average Bonchev–Trinajstić information content (AvgIpc) is 3.28. The molecule has 1 aromatic carbocycles. The maximum atomic E-state index is 6.37. The number of benzene rings is 1. The van der Waals surface area contributed by atoms with Crippen molar-refractivity contribution < 1.29 is 4.74 Å².